The lowest BCUT2D eigenvalue weighted by Gasteiger charge is -2.37. The molecule has 0 aromatic heterocycles. The Bertz CT molecular complexity index is 119. The molecule has 2 heteroatoms. The predicted octanol–water partition coefficient (Wildman–Crippen LogP) is 1.92. The quantitative estimate of drug-likeness (QED) is 0.665. The first-order chi connectivity index (χ1) is 5.22. The summed E-state index contributed by atoms with van der Waals surface area (Å²) in [5.41, 5.74) is 0.359. The lowest BCUT2D eigenvalue weighted by molar-refractivity contribution is -0.162. The fourth-order valence-electron chi connectivity index (χ4n) is 1.84. The van der Waals surface area contributed by atoms with Gasteiger partial charge in [0.05, 0.1) is 6.61 Å². The zero-order chi connectivity index (χ0) is 8.32. The minimum absolute atomic E-state index is 0.359. The van der Waals surface area contributed by atoms with Crippen LogP contribution >= 0.6 is 0 Å². The number of aliphatic hydroxyl groups is 1. The summed E-state index contributed by atoms with van der Waals surface area (Å²) in [6.07, 6.45) is 3.73. The fourth-order valence-corrected chi connectivity index (χ4v) is 1.84. The van der Waals surface area contributed by atoms with Gasteiger partial charge in [0.25, 0.3) is 0 Å². The third kappa shape index (κ3) is 1.94. The average molecular weight is 158 g/mol. The van der Waals surface area contributed by atoms with E-state index in [2.05, 4.69) is 13.8 Å². The van der Waals surface area contributed by atoms with E-state index in [1.807, 2.05) is 0 Å². The topological polar surface area (TPSA) is 29.5 Å². The van der Waals surface area contributed by atoms with Crippen LogP contribution in [0.25, 0.3) is 0 Å². The van der Waals surface area contributed by atoms with E-state index in [9.17, 15) is 5.11 Å². The van der Waals surface area contributed by atoms with Crippen LogP contribution in [0.15, 0.2) is 0 Å². The number of aliphatic hydroxyl groups excluding tert-OH is 1. The molecule has 1 N–H and O–H groups in total. The molecule has 1 rings (SSSR count). The molecule has 0 bridgehead atoms. The summed E-state index contributed by atoms with van der Waals surface area (Å²) in [6, 6.07) is 0. The Morgan fingerprint density at radius 2 is 2.09 bits per heavy atom. The standard InChI is InChI=1S/C9H18O2/c1-3-9(4-2)5-6-11-8(10)7-9/h8,10H,3-7H2,1-2H3. The molecule has 0 amide bonds. The Balaban J connectivity index is 2.52. The summed E-state index contributed by atoms with van der Waals surface area (Å²) < 4.78 is 5.09. The molecule has 11 heavy (non-hydrogen) atoms. The van der Waals surface area contributed by atoms with Crippen molar-refractivity contribution in [2.45, 2.75) is 45.8 Å². The van der Waals surface area contributed by atoms with Gasteiger partial charge in [-0.15, -0.1) is 0 Å². The van der Waals surface area contributed by atoms with Crippen molar-refractivity contribution in [3.63, 3.8) is 0 Å². The van der Waals surface area contributed by atoms with Gasteiger partial charge >= 0.3 is 0 Å². The van der Waals surface area contributed by atoms with Gasteiger partial charge in [-0.2, -0.15) is 0 Å². The highest BCUT2D eigenvalue weighted by Gasteiger charge is 2.32. The molecule has 2 nitrogen and oxygen atoms in total. The van der Waals surface area contributed by atoms with Gasteiger partial charge < -0.3 is 9.84 Å². The first-order valence-electron chi connectivity index (χ1n) is 4.52. The number of ether oxygens (including phenoxy) is 1. The average Bonchev–Trinajstić information content (AvgIpc) is 2.04. The van der Waals surface area contributed by atoms with E-state index >= 15 is 0 Å². The second-order valence-electron chi connectivity index (χ2n) is 3.49. The number of hydrogen-bond acceptors (Lipinski definition) is 2. The Kier molecular flexibility index (Phi) is 2.90. The zero-order valence-corrected chi connectivity index (χ0v) is 7.47. The van der Waals surface area contributed by atoms with Gasteiger partial charge in [-0.3, -0.25) is 0 Å². The molecule has 66 valence electrons. The smallest absolute Gasteiger partial charge is 0.155 e. The highest BCUT2D eigenvalue weighted by Crippen LogP contribution is 2.38. The summed E-state index contributed by atoms with van der Waals surface area (Å²) in [5, 5.41) is 9.28. The summed E-state index contributed by atoms with van der Waals surface area (Å²) >= 11 is 0. The number of hydrogen-bond donors (Lipinski definition) is 1. The Labute approximate surface area is 68.6 Å². The summed E-state index contributed by atoms with van der Waals surface area (Å²) in [6.45, 7) is 5.12. The van der Waals surface area contributed by atoms with Gasteiger partial charge in [-0.05, 0) is 11.8 Å². The van der Waals surface area contributed by atoms with E-state index in [1.54, 1.807) is 0 Å². The van der Waals surface area contributed by atoms with Crippen LogP contribution in [-0.2, 0) is 4.74 Å². The molecular weight excluding hydrogens is 140 g/mol. The molecule has 0 radical (unpaired) electrons. The first-order valence-corrected chi connectivity index (χ1v) is 4.52. The van der Waals surface area contributed by atoms with Gasteiger partial charge in [-0.1, -0.05) is 26.7 Å². The minimum Gasteiger partial charge on any atom is -0.368 e. The molecule has 0 aromatic carbocycles. The van der Waals surface area contributed by atoms with Gasteiger partial charge in [0.2, 0.25) is 0 Å². The van der Waals surface area contributed by atoms with Crippen molar-refractivity contribution in [3.05, 3.63) is 0 Å². The van der Waals surface area contributed by atoms with E-state index in [-0.39, 0.29) is 0 Å². The van der Waals surface area contributed by atoms with Crippen LogP contribution in [0, 0.1) is 5.41 Å². The molecule has 1 heterocycles. The third-order valence-corrected chi connectivity index (χ3v) is 3.05. The van der Waals surface area contributed by atoms with E-state index in [0.29, 0.717) is 5.41 Å². The SMILES string of the molecule is CCC1(CC)CCOC(O)C1. The molecule has 1 aliphatic heterocycles. The van der Waals surface area contributed by atoms with Crippen molar-refractivity contribution in [1.29, 1.82) is 0 Å². The highest BCUT2D eigenvalue weighted by atomic mass is 16.6. The van der Waals surface area contributed by atoms with Crippen LogP contribution in [0.1, 0.15) is 39.5 Å². The van der Waals surface area contributed by atoms with Crippen molar-refractivity contribution in [2.75, 3.05) is 6.61 Å². The minimum atomic E-state index is -0.511. The molecule has 1 unspecified atom stereocenters. The van der Waals surface area contributed by atoms with E-state index in [0.717, 1.165) is 32.3 Å². The lowest BCUT2D eigenvalue weighted by Crippen LogP contribution is -2.34. The van der Waals surface area contributed by atoms with E-state index in [4.69, 9.17) is 4.74 Å². The predicted molar refractivity (Wildman–Crippen MR) is 44.2 cm³/mol. The largest absolute Gasteiger partial charge is 0.368 e. The van der Waals surface area contributed by atoms with Gasteiger partial charge in [0.1, 0.15) is 0 Å². The van der Waals surface area contributed by atoms with Crippen molar-refractivity contribution in [3.8, 4) is 0 Å². The second kappa shape index (κ2) is 3.55. The molecule has 0 aromatic rings. The van der Waals surface area contributed by atoms with Crippen LogP contribution in [0.3, 0.4) is 0 Å². The van der Waals surface area contributed by atoms with Crippen LogP contribution in [-0.4, -0.2) is 18.0 Å². The molecule has 1 fully saturated rings. The second-order valence-corrected chi connectivity index (χ2v) is 3.49. The lowest BCUT2D eigenvalue weighted by atomic mass is 9.75. The monoisotopic (exact) mass is 158 g/mol. The van der Waals surface area contributed by atoms with Crippen molar-refractivity contribution in [2.24, 2.45) is 5.41 Å². The Morgan fingerprint density at radius 1 is 1.45 bits per heavy atom. The number of rotatable bonds is 2. The molecule has 0 aliphatic carbocycles. The Hall–Kier alpha value is -0.0800. The van der Waals surface area contributed by atoms with E-state index < -0.39 is 6.29 Å². The third-order valence-electron chi connectivity index (χ3n) is 3.05. The highest BCUT2D eigenvalue weighted by molar-refractivity contribution is 4.80. The molecular formula is C9H18O2. The molecule has 1 saturated heterocycles. The van der Waals surface area contributed by atoms with Gasteiger partial charge in [0.15, 0.2) is 6.29 Å². The summed E-state index contributed by atoms with van der Waals surface area (Å²) in [7, 11) is 0. The van der Waals surface area contributed by atoms with Crippen molar-refractivity contribution < 1.29 is 9.84 Å². The maximum absolute atomic E-state index is 9.28. The fraction of sp³-hybridized carbons (Fsp3) is 1.00. The van der Waals surface area contributed by atoms with E-state index in [1.165, 1.54) is 0 Å². The molecule has 1 atom stereocenters. The van der Waals surface area contributed by atoms with Crippen LogP contribution in [0.5, 0.6) is 0 Å². The first kappa shape index (κ1) is 9.01. The molecule has 0 spiro atoms. The maximum Gasteiger partial charge on any atom is 0.155 e. The van der Waals surface area contributed by atoms with Crippen LogP contribution in [0.4, 0.5) is 0 Å². The summed E-state index contributed by atoms with van der Waals surface area (Å²) in [4.78, 5) is 0. The zero-order valence-electron chi connectivity index (χ0n) is 7.47. The van der Waals surface area contributed by atoms with Crippen LogP contribution < -0.4 is 0 Å². The van der Waals surface area contributed by atoms with Crippen LogP contribution in [0.2, 0.25) is 0 Å². The normalized spacial score (nSPS) is 30.3. The van der Waals surface area contributed by atoms with Gasteiger partial charge in [0, 0.05) is 6.42 Å². The maximum atomic E-state index is 9.28. The summed E-state index contributed by atoms with van der Waals surface area (Å²) in [5.74, 6) is 0. The molecule has 1 aliphatic rings. The molecule has 0 saturated carbocycles. The van der Waals surface area contributed by atoms with Crippen molar-refractivity contribution >= 4 is 0 Å². The Morgan fingerprint density at radius 3 is 2.45 bits per heavy atom. The van der Waals surface area contributed by atoms with Crippen molar-refractivity contribution in [1.82, 2.24) is 0 Å². The van der Waals surface area contributed by atoms with Gasteiger partial charge in [-0.25, -0.2) is 0 Å².